The molecule has 0 unspecified atom stereocenters. The van der Waals surface area contributed by atoms with Crippen molar-refractivity contribution in [2.45, 2.75) is 166 Å². The SMILES string of the molecule is CCCCCCCCCC(Br)(CCCCCCCC)CCCCCCCC. The molecule has 1 heteroatoms. The van der Waals surface area contributed by atoms with Crippen molar-refractivity contribution in [1.82, 2.24) is 0 Å². The molecule has 0 amide bonds. The van der Waals surface area contributed by atoms with E-state index in [1.165, 1.54) is 141 Å². The van der Waals surface area contributed by atoms with Gasteiger partial charge in [0.1, 0.15) is 0 Å². The summed E-state index contributed by atoms with van der Waals surface area (Å²) in [7, 11) is 0. The van der Waals surface area contributed by atoms with Crippen LogP contribution in [-0.2, 0) is 0 Å². The monoisotopic (exact) mass is 444 g/mol. The predicted molar refractivity (Wildman–Crippen MR) is 130 cm³/mol. The Kier molecular flexibility index (Phi) is 21.6. The molecule has 0 rings (SSSR count). The first-order chi connectivity index (χ1) is 13.2. The van der Waals surface area contributed by atoms with Crippen LogP contribution in [0.1, 0.15) is 162 Å². The second-order valence-electron chi connectivity index (χ2n) is 9.06. The van der Waals surface area contributed by atoms with Gasteiger partial charge in [0.05, 0.1) is 0 Å². The van der Waals surface area contributed by atoms with Crippen LogP contribution in [0.25, 0.3) is 0 Å². The minimum Gasteiger partial charge on any atom is -0.0853 e. The van der Waals surface area contributed by atoms with Crippen LogP contribution >= 0.6 is 15.9 Å². The third-order valence-corrected chi connectivity index (χ3v) is 7.37. The molecular formula is C26H53Br. The fourth-order valence-electron chi connectivity index (χ4n) is 4.22. The number of rotatable bonds is 22. The first-order valence-corrected chi connectivity index (χ1v) is 13.7. The molecule has 0 fully saturated rings. The fraction of sp³-hybridized carbons (Fsp3) is 1.00. The smallest absolute Gasteiger partial charge is 0.0258 e. The standard InChI is InChI=1S/C26H53Br/c1-4-7-10-13-16-19-22-25-26(27,23-20-17-14-11-8-5-2)24-21-18-15-12-9-6-3/h4-25H2,1-3H3. The van der Waals surface area contributed by atoms with Crippen molar-refractivity contribution in [2.75, 3.05) is 0 Å². The number of unbranched alkanes of at least 4 members (excludes halogenated alkanes) is 16. The molecule has 0 heterocycles. The number of hydrogen-bond donors (Lipinski definition) is 0. The van der Waals surface area contributed by atoms with Gasteiger partial charge < -0.3 is 0 Å². The van der Waals surface area contributed by atoms with Gasteiger partial charge in [0.25, 0.3) is 0 Å². The lowest BCUT2D eigenvalue weighted by Gasteiger charge is -2.28. The molecule has 0 aromatic rings. The van der Waals surface area contributed by atoms with Gasteiger partial charge in [0.2, 0.25) is 0 Å². The van der Waals surface area contributed by atoms with E-state index >= 15 is 0 Å². The van der Waals surface area contributed by atoms with Crippen molar-refractivity contribution in [3.8, 4) is 0 Å². The van der Waals surface area contributed by atoms with E-state index in [4.69, 9.17) is 0 Å². The van der Waals surface area contributed by atoms with Crippen LogP contribution in [0.5, 0.6) is 0 Å². The highest BCUT2D eigenvalue weighted by Crippen LogP contribution is 2.37. The molecule has 0 atom stereocenters. The van der Waals surface area contributed by atoms with E-state index in [0.29, 0.717) is 4.32 Å². The zero-order valence-corrected chi connectivity index (χ0v) is 21.0. The van der Waals surface area contributed by atoms with Gasteiger partial charge in [0.15, 0.2) is 0 Å². The molecule has 0 aliphatic heterocycles. The quantitative estimate of drug-likeness (QED) is 0.115. The normalized spacial score (nSPS) is 12.0. The molecular weight excluding hydrogens is 392 g/mol. The molecule has 0 spiro atoms. The Morgan fingerprint density at radius 3 is 0.852 bits per heavy atom. The van der Waals surface area contributed by atoms with E-state index in [9.17, 15) is 0 Å². The second-order valence-corrected chi connectivity index (χ2v) is 10.7. The molecule has 0 nitrogen and oxygen atoms in total. The first kappa shape index (κ1) is 27.5. The molecule has 0 saturated carbocycles. The lowest BCUT2D eigenvalue weighted by Crippen LogP contribution is -2.20. The van der Waals surface area contributed by atoms with E-state index in [-0.39, 0.29) is 0 Å². The summed E-state index contributed by atoms with van der Waals surface area (Å²) in [6.07, 6.45) is 31.4. The maximum absolute atomic E-state index is 4.25. The third-order valence-electron chi connectivity index (χ3n) is 6.19. The van der Waals surface area contributed by atoms with Crippen LogP contribution in [0.2, 0.25) is 0 Å². The Morgan fingerprint density at radius 2 is 0.593 bits per heavy atom. The van der Waals surface area contributed by atoms with E-state index < -0.39 is 0 Å². The highest BCUT2D eigenvalue weighted by atomic mass is 79.9. The van der Waals surface area contributed by atoms with Crippen LogP contribution in [-0.4, -0.2) is 4.32 Å². The van der Waals surface area contributed by atoms with Crippen LogP contribution in [0.4, 0.5) is 0 Å². The Balaban J connectivity index is 4.02. The van der Waals surface area contributed by atoms with Gasteiger partial charge in [0, 0.05) is 4.32 Å². The summed E-state index contributed by atoms with van der Waals surface area (Å²) < 4.78 is 0.450. The molecule has 164 valence electrons. The van der Waals surface area contributed by atoms with Gasteiger partial charge in [-0.25, -0.2) is 0 Å². The largest absolute Gasteiger partial charge is 0.0853 e. The summed E-state index contributed by atoms with van der Waals surface area (Å²) in [6, 6.07) is 0. The minimum absolute atomic E-state index is 0.450. The summed E-state index contributed by atoms with van der Waals surface area (Å²) in [5, 5.41) is 0. The van der Waals surface area contributed by atoms with Gasteiger partial charge in [-0.1, -0.05) is 159 Å². The van der Waals surface area contributed by atoms with E-state index in [0.717, 1.165) is 0 Å². The van der Waals surface area contributed by atoms with Crippen LogP contribution in [0, 0.1) is 0 Å². The zero-order chi connectivity index (χ0) is 20.1. The van der Waals surface area contributed by atoms with E-state index in [2.05, 4.69) is 36.7 Å². The van der Waals surface area contributed by atoms with Crippen molar-refractivity contribution in [2.24, 2.45) is 0 Å². The summed E-state index contributed by atoms with van der Waals surface area (Å²) in [5.74, 6) is 0. The maximum Gasteiger partial charge on any atom is 0.0258 e. The van der Waals surface area contributed by atoms with Crippen molar-refractivity contribution >= 4 is 15.9 Å². The number of hydrogen-bond acceptors (Lipinski definition) is 0. The molecule has 0 N–H and O–H groups in total. The minimum atomic E-state index is 0.450. The Labute approximate surface area is 182 Å². The molecule has 0 aromatic heterocycles. The first-order valence-electron chi connectivity index (χ1n) is 12.9. The molecule has 0 aliphatic rings. The van der Waals surface area contributed by atoms with Crippen molar-refractivity contribution in [3.05, 3.63) is 0 Å². The van der Waals surface area contributed by atoms with Gasteiger partial charge in [-0.2, -0.15) is 0 Å². The molecule has 0 bridgehead atoms. The molecule has 0 radical (unpaired) electrons. The van der Waals surface area contributed by atoms with Crippen LogP contribution in [0.3, 0.4) is 0 Å². The third kappa shape index (κ3) is 19.6. The predicted octanol–water partition coefficient (Wildman–Crippen LogP) is 10.8. The summed E-state index contributed by atoms with van der Waals surface area (Å²) in [5.41, 5.74) is 0. The fourth-order valence-corrected chi connectivity index (χ4v) is 5.06. The lowest BCUT2D eigenvalue weighted by atomic mass is 9.89. The summed E-state index contributed by atoms with van der Waals surface area (Å²) in [6.45, 7) is 6.93. The number of halogens is 1. The highest BCUT2D eigenvalue weighted by Gasteiger charge is 2.24. The molecule has 0 aromatic carbocycles. The van der Waals surface area contributed by atoms with Gasteiger partial charge in [-0.3, -0.25) is 0 Å². The summed E-state index contributed by atoms with van der Waals surface area (Å²) in [4.78, 5) is 0. The van der Waals surface area contributed by atoms with Crippen LogP contribution in [0.15, 0.2) is 0 Å². The van der Waals surface area contributed by atoms with Gasteiger partial charge in [-0.05, 0) is 19.3 Å². The summed E-state index contributed by atoms with van der Waals surface area (Å²) >= 11 is 4.25. The van der Waals surface area contributed by atoms with Crippen molar-refractivity contribution in [3.63, 3.8) is 0 Å². The average molecular weight is 446 g/mol. The molecule has 0 aliphatic carbocycles. The van der Waals surface area contributed by atoms with E-state index in [1.807, 2.05) is 0 Å². The molecule has 0 saturated heterocycles. The van der Waals surface area contributed by atoms with Gasteiger partial charge >= 0.3 is 0 Å². The van der Waals surface area contributed by atoms with E-state index in [1.54, 1.807) is 0 Å². The van der Waals surface area contributed by atoms with Crippen molar-refractivity contribution < 1.29 is 0 Å². The number of alkyl halides is 1. The second kappa shape index (κ2) is 21.2. The molecule has 27 heavy (non-hydrogen) atoms. The highest BCUT2D eigenvalue weighted by molar-refractivity contribution is 9.10. The average Bonchev–Trinajstić information content (AvgIpc) is 2.67. The Hall–Kier alpha value is 0.480. The van der Waals surface area contributed by atoms with Crippen molar-refractivity contribution in [1.29, 1.82) is 0 Å². The van der Waals surface area contributed by atoms with Crippen LogP contribution < -0.4 is 0 Å². The topological polar surface area (TPSA) is 0 Å². The van der Waals surface area contributed by atoms with Gasteiger partial charge in [-0.15, -0.1) is 0 Å². The Bertz CT molecular complexity index is 257. The maximum atomic E-state index is 4.25. The lowest BCUT2D eigenvalue weighted by molar-refractivity contribution is 0.410. The Morgan fingerprint density at radius 1 is 0.370 bits per heavy atom. The zero-order valence-electron chi connectivity index (χ0n) is 19.4.